The molecule has 0 aromatic carbocycles. The first-order valence-electron chi connectivity index (χ1n) is 5.45. The molecule has 3 rings (SSSR count). The molecule has 1 saturated heterocycles. The quantitative estimate of drug-likeness (QED) is 0.799. The van der Waals surface area contributed by atoms with Crippen molar-refractivity contribution in [2.45, 2.75) is 24.5 Å². The van der Waals surface area contributed by atoms with E-state index in [0.717, 1.165) is 27.7 Å². The standard InChI is InChI=1S/C11H12BrN3S/c12-9-4-1-5-10-13-14-11(15(9)10)7-8-3-2-6-16-8/h1,4-5,8H,2-3,6-7H2. The SMILES string of the molecule is Brc1cccc2nnc(CC3CCCS3)n12. The van der Waals surface area contributed by atoms with Gasteiger partial charge < -0.3 is 0 Å². The zero-order valence-electron chi connectivity index (χ0n) is 8.77. The van der Waals surface area contributed by atoms with Crippen molar-refractivity contribution in [3.05, 3.63) is 28.6 Å². The third-order valence-electron chi connectivity index (χ3n) is 2.88. The number of thioether (sulfide) groups is 1. The van der Waals surface area contributed by atoms with E-state index >= 15 is 0 Å². The van der Waals surface area contributed by atoms with Crippen molar-refractivity contribution in [1.82, 2.24) is 14.6 Å². The number of rotatable bonds is 2. The third kappa shape index (κ3) is 1.86. The molecule has 1 atom stereocenters. The Bertz CT molecular complexity index is 505. The third-order valence-corrected chi connectivity index (χ3v) is 4.90. The molecule has 2 aromatic heterocycles. The maximum absolute atomic E-state index is 4.29. The van der Waals surface area contributed by atoms with Gasteiger partial charge in [-0.15, -0.1) is 10.2 Å². The second kappa shape index (κ2) is 4.37. The van der Waals surface area contributed by atoms with Crippen LogP contribution in [0, 0.1) is 0 Å². The zero-order valence-corrected chi connectivity index (χ0v) is 11.2. The highest BCUT2D eigenvalue weighted by atomic mass is 79.9. The first-order chi connectivity index (χ1) is 7.84. The van der Waals surface area contributed by atoms with Crippen LogP contribution in [0.5, 0.6) is 0 Å². The molecule has 0 bridgehead atoms. The smallest absolute Gasteiger partial charge is 0.161 e. The molecule has 5 heteroatoms. The Labute approximate surface area is 107 Å². The molecule has 0 N–H and O–H groups in total. The van der Waals surface area contributed by atoms with Crippen LogP contribution in [0.1, 0.15) is 18.7 Å². The minimum atomic E-state index is 0.722. The van der Waals surface area contributed by atoms with Crippen LogP contribution in [0.2, 0.25) is 0 Å². The molecule has 0 spiro atoms. The summed E-state index contributed by atoms with van der Waals surface area (Å²) >= 11 is 5.61. The van der Waals surface area contributed by atoms with Crippen molar-refractivity contribution < 1.29 is 0 Å². The van der Waals surface area contributed by atoms with Crippen molar-refractivity contribution in [1.29, 1.82) is 0 Å². The molecule has 0 amide bonds. The molecule has 0 saturated carbocycles. The van der Waals surface area contributed by atoms with Crippen LogP contribution >= 0.6 is 27.7 Å². The van der Waals surface area contributed by atoms with Crippen LogP contribution < -0.4 is 0 Å². The molecule has 0 aliphatic carbocycles. The molecule has 3 heterocycles. The lowest BCUT2D eigenvalue weighted by Crippen LogP contribution is -2.06. The molecule has 2 aromatic rings. The lowest BCUT2D eigenvalue weighted by atomic mass is 10.2. The van der Waals surface area contributed by atoms with E-state index in [1.54, 1.807) is 0 Å². The lowest BCUT2D eigenvalue weighted by Gasteiger charge is -2.07. The molecule has 1 aliphatic heterocycles. The normalized spacial score (nSPS) is 20.7. The maximum atomic E-state index is 4.29. The maximum Gasteiger partial charge on any atom is 0.161 e. The zero-order chi connectivity index (χ0) is 11.0. The summed E-state index contributed by atoms with van der Waals surface area (Å²) in [4.78, 5) is 0. The fraction of sp³-hybridized carbons (Fsp3) is 0.455. The summed E-state index contributed by atoms with van der Waals surface area (Å²) in [6.07, 6.45) is 3.67. The second-order valence-electron chi connectivity index (χ2n) is 4.00. The van der Waals surface area contributed by atoms with E-state index in [2.05, 4.69) is 42.3 Å². The van der Waals surface area contributed by atoms with E-state index in [0.29, 0.717) is 0 Å². The van der Waals surface area contributed by atoms with E-state index in [4.69, 9.17) is 0 Å². The van der Waals surface area contributed by atoms with E-state index in [-0.39, 0.29) is 0 Å². The van der Waals surface area contributed by atoms with Crippen LogP contribution in [-0.4, -0.2) is 25.6 Å². The van der Waals surface area contributed by atoms with Gasteiger partial charge in [-0.05, 0) is 46.7 Å². The molecule has 1 fully saturated rings. The first kappa shape index (κ1) is 10.6. The number of fused-ring (bicyclic) bond motifs is 1. The van der Waals surface area contributed by atoms with E-state index in [1.165, 1.54) is 18.6 Å². The molecule has 84 valence electrons. The summed E-state index contributed by atoms with van der Waals surface area (Å²) in [5.74, 6) is 2.37. The van der Waals surface area contributed by atoms with Gasteiger partial charge in [0.1, 0.15) is 5.82 Å². The number of nitrogens with zero attached hydrogens (tertiary/aromatic N) is 3. The second-order valence-corrected chi connectivity index (χ2v) is 6.22. The number of hydrogen-bond donors (Lipinski definition) is 0. The van der Waals surface area contributed by atoms with Crippen LogP contribution in [0.25, 0.3) is 5.65 Å². The van der Waals surface area contributed by atoms with Gasteiger partial charge in [-0.1, -0.05) is 6.07 Å². The minimum Gasteiger partial charge on any atom is -0.273 e. The molecule has 16 heavy (non-hydrogen) atoms. The Morgan fingerprint density at radius 1 is 1.44 bits per heavy atom. The largest absolute Gasteiger partial charge is 0.273 e. The highest BCUT2D eigenvalue weighted by Gasteiger charge is 2.19. The molecule has 3 nitrogen and oxygen atoms in total. The lowest BCUT2D eigenvalue weighted by molar-refractivity contribution is 0.736. The predicted octanol–water partition coefficient (Wildman–Crippen LogP) is 2.93. The van der Waals surface area contributed by atoms with Gasteiger partial charge in [-0.2, -0.15) is 11.8 Å². The predicted molar refractivity (Wildman–Crippen MR) is 69.9 cm³/mol. The number of aromatic nitrogens is 3. The van der Waals surface area contributed by atoms with Crippen molar-refractivity contribution >= 4 is 33.3 Å². The van der Waals surface area contributed by atoms with Gasteiger partial charge >= 0.3 is 0 Å². The van der Waals surface area contributed by atoms with E-state index in [9.17, 15) is 0 Å². The Morgan fingerprint density at radius 3 is 3.19 bits per heavy atom. The average Bonchev–Trinajstić information content (AvgIpc) is 2.90. The Kier molecular flexibility index (Phi) is 2.90. The molecule has 0 radical (unpaired) electrons. The first-order valence-corrected chi connectivity index (χ1v) is 7.29. The summed E-state index contributed by atoms with van der Waals surface area (Å²) < 4.78 is 3.13. The monoisotopic (exact) mass is 297 g/mol. The Balaban J connectivity index is 1.97. The highest BCUT2D eigenvalue weighted by molar-refractivity contribution is 9.10. The van der Waals surface area contributed by atoms with E-state index in [1.807, 2.05) is 18.2 Å². The van der Waals surface area contributed by atoms with Crippen LogP contribution in [0.3, 0.4) is 0 Å². The van der Waals surface area contributed by atoms with E-state index < -0.39 is 0 Å². The van der Waals surface area contributed by atoms with Gasteiger partial charge in [-0.3, -0.25) is 4.40 Å². The molecular weight excluding hydrogens is 286 g/mol. The molecule has 1 aliphatic rings. The summed E-state index contributed by atoms with van der Waals surface area (Å²) in [5, 5.41) is 9.21. The summed E-state index contributed by atoms with van der Waals surface area (Å²) in [6, 6.07) is 6.01. The van der Waals surface area contributed by atoms with Crippen LogP contribution in [-0.2, 0) is 6.42 Å². The number of pyridine rings is 1. The van der Waals surface area contributed by atoms with Gasteiger partial charge in [-0.25, -0.2) is 0 Å². The van der Waals surface area contributed by atoms with Crippen molar-refractivity contribution in [2.24, 2.45) is 0 Å². The van der Waals surface area contributed by atoms with Gasteiger partial charge in [0.05, 0.1) is 4.60 Å². The fourth-order valence-corrected chi connectivity index (χ4v) is 3.91. The minimum absolute atomic E-state index is 0.722. The molecule has 1 unspecified atom stereocenters. The topological polar surface area (TPSA) is 30.2 Å². The van der Waals surface area contributed by atoms with Crippen molar-refractivity contribution in [3.63, 3.8) is 0 Å². The van der Waals surface area contributed by atoms with Crippen molar-refractivity contribution in [2.75, 3.05) is 5.75 Å². The molecular formula is C11H12BrN3S. The Morgan fingerprint density at radius 2 is 2.38 bits per heavy atom. The number of hydrogen-bond acceptors (Lipinski definition) is 3. The van der Waals surface area contributed by atoms with Crippen LogP contribution in [0.15, 0.2) is 22.8 Å². The summed E-state index contributed by atoms with van der Waals surface area (Å²) in [7, 11) is 0. The van der Waals surface area contributed by atoms with Crippen molar-refractivity contribution in [3.8, 4) is 0 Å². The van der Waals surface area contributed by atoms with Gasteiger partial charge in [0.2, 0.25) is 0 Å². The summed E-state index contributed by atoms with van der Waals surface area (Å²) in [6.45, 7) is 0. The summed E-state index contributed by atoms with van der Waals surface area (Å²) in [5.41, 5.74) is 0.923. The Hall–Kier alpha value is -0.550. The van der Waals surface area contributed by atoms with Crippen LogP contribution in [0.4, 0.5) is 0 Å². The van der Waals surface area contributed by atoms with Gasteiger partial charge in [0.15, 0.2) is 5.65 Å². The fourth-order valence-electron chi connectivity index (χ4n) is 2.10. The van der Waals surface area contributed by atoms with Gasteiger partial charge in [0, 0.05) is 11.7 Å². The van der Waals surface area contributed by atoms with Gasteiger partial charge in [0.25, 0.3) is 0 Å². The number of halogens is 1. The highest BCUT2D eigenvalue weighted by Crippen LogP contribution is 2.29. The average molecular weight is 298 g/mol.